The number of aliphatic hydroxyl groups is 1. The van der Waals surface area contributed by atoms with Crippen LogP contribution in [0.1, 0.15) is 33.7 Å². The smallest absolute Gasteiger partial charge is 0.347 e. The molecule has 2 atom stereocenters. The highest BCUT2D eigenvalue weighted by Gasteiger charge is 2.27. The van der Waals surface area contributed by atoms with Crippen LogP contribution in [0.15, 0.2) is 0 Å². The molecule has 3 N–H and O–H groups in total. The molecule has 0 aromatic carbocycles. The molecular formula is C13H19N3O4S. The summed E-state index contributed by atoms with van der Waals surface area (Å²) in [5.74, 6) is -0.938. The summed E-state index contributed by atoms with van der Waals surface area (Å²) in [4.78, 5) is 29.0. The van der Waals surface area contributed by atoms with E-state index in [9.17, 15) is 14.7 Å². The van der Waals surface area contributed by atoms with Crippen molar-refractivity contribution >= 4 is 23.3 Å². The fraction of sp³-hybridized carbons (Fsp3) is 0.615. The molecule has 116 valence electrons. The second-order valence-electron chi connectivity index (χ2n) is 5.27. The first-order valence-corrected chi connectivity index (χ1v) is 7.60. The quantitative estimate of drug-likeness (QED) is 0.774. The summed E-state index contributed by atoms with van der Waals surface area (Å²) in [5.41, 5.74) is 0.464. The van der Waals surface area contributed by atoms with Crippen LogP contribution >= 0.6 is 11.3 Å². The molecule has 21 heavy (non-hydrogen) atoms. The number of thiazole rings is 1. The van der Waals surface area contributed by atoms with Crippen molar-refractivity contribution in [1.29, 1.82) is 0 Å². The van der Waals surface area contributed by atoms with Crippen molar-refractivity contribution in [1.82, 2.24) is 15.2 Å². The molecule has 1 fully saturated rings. The van der Waals surface area contributed by atoms with Gasteiger partial charge in [0.15, 0.2) is 0 Å². The largest absolute Gasteiger partial charge is 0.477 e. The van der Waals surface area contributed by atoms with Crippen molar-refractivity contribution in [2.45, 2.75) is 32.9 Å². The van der Waals surface area contributed by atoms with Crippen molar-refractivity contribution in [3.8, 4) is 0 Å². The van der Waals surface area contributed by atoms with Gasteiger partial charge >= 0.3 is 12.0 Å². The maximum Gasteiger partial charge on any atom is 0.347 e. The van der Waals surface area contributed by atoms with E-state index in [2.05, 4.69) is 10.3 Å². The molecule has 0 saturated carbocycles. The fourth-order valence-electron chi connectivity index (χ4n) is 2.31. The van der Waals surface area contributed by atoms with Gasteiger partial charge in [-0.25, -0.2) is 14.6 Å². The number of hydrogen-bond donors (Lipinski definition) is 3. The van der Waals surface area contributed by atoms with Crippen molar-refractivity contribution in [3.05, 3.63) is 15.6 Å². The molecule has 2 amide bonds. The van der Waals surface area contributed by atoms with E-state index in [1.165, 1.54) is 0 Å². The van der Waals surface area contributed by atoms with Gasteiger partial charge in [0.25, 0.3) is 0 Å². The lowest BCUT2D eigenvalue weighted by Gasteiger charge is -2.34. The highest BCUT2D eigenvalue weighted by atomic mass is 32.1. The SMILES string of the molecule is Cc1nc(CNC(=O)N2CCC(O)C(C)C2)sc1C(=O)O. The van der Waals surface area contributed by atoms with Gasteiger partial charge in [-0.1, -0.05) is 6.92 Å². The number of aromatic carboxylic acids is 1. The molecule has 1 aromatic heterocycles. The van der Waals surface area contributed by atoms with Crippen LogP contribution in [0.2, 0.25) is 0 Å². The minimum atomic E-state index is -0.999. The molecule has 1 aromatic rings. The number of amides is 2. The Bertz CT molecular complexity index is 546. The number of carboxylic acid groups (broad SMARTS) is 1. The molecule has 1 aliphatic rings. The van der Waals surface area contributed by atoms with Gasteiger partial charge in [0, 0.05) is 13.1 Å². The first-order valence-electron chi connectivity index (χ1n) is 6.79. The summed E-state index contributed by atoms with van der Waals surface area (Å²) in [7, 11) is 0. The topological polar surface area (TPSA) is 103 Å². The number of carbonyl (C=O) groups is 2. The molecule has 7 nitrogen and oxygen atoms in total. The summed E-state index contributed by atoms with van der Waals surface area (Å²) in [5, 5.41) is 21.9. The van der Waals surface area contributed by atoms with E-state index in [4.69, 9.17) is 5.11 Å². The van der Waals surface area contributed by atoms with Gasteiger partial charge in [-0.05, 0) is 19.3 Å². The molecule has 2 heterocycles. The van der Waals surface area contributed by atoms with Crippen LogP contribution in [0.3, 0.4) is 0 Å². The number of carboxylic acids is 1. The van der Waals surface area contributed by atoms with Gasteiger partial charge in [0.05, 0.1) is 18.3 Å². The molecule has 8 heteroatoms. The Kier molecular flexibility index (Phi) is 4.79. The Morgan fingerprint density at radius 3 is 2.81 bits per heavy atom. The number of nitrogens with zero attached hydrogens (tertiary/aromatic N) is 2. The molecule has 2 rings (SSSR count). The van der Waals surface area contributed by atoms with Crippen LogP contribution in [0.25, 0.3) is 0 Å². The summed E-state index contributed by atoms with van der Waals surface area (Å²) in [6.45, 7) is 4.80. The average Bonchev–Trinajstić information content (AvgIpc) is 2.80. The monoisotopic (exact) mass is 313 g/mol. The Hall–Kier alpha value is -1.67. The van der Waals surface area contributed by atoms with Gasteiger partial charge < -0.3 is 20.4 Å². The first-order chi connectivity index (χ1) is 9.88. The fourth-order valence-corrected chi connectivity index (χ4v) is 3.15. The van der Waals surface area contributed by atoms with Crippen LogP contribution in [-0.4, -0.2) is 51.3 Å². The van der Waals surface area contributed by atoms with Crippen LogP contribution < -0.4 is 5.32 Å². The average molecular weight is 313 g/mol. The lowest BCUT2D eigenvalue weighted by Crippen LogP contribution is -2.48. The molecule has 2 unspecified atom stereocenters. The van der Waals surface area contributed by atoms with Crippen LogP contribution in [-0.2, 0) is 6.54 Å². The number of aryl methyl sites for hydroxylation is 1. The van der Waals surface area contributed by atoms with E-state index in [1.54, 1.807) is 11.8 Å². The molecule has 0 radical (unpaired) electrons. The number of nitrogens with one attached hydrogen (secondary N) is 1. The van der Waals surface area contributed by atoms with Gasteiger partial charge in [-0.3, -0.25) is 0 Å². The van der Waals surface area contributed by atoms with Crippen LogP contribution in [0.4, 0.5) is 4.79 Å². The number of rotatable bonds is 3. The van der Waals surface area contributed by atoms with Crippen molar-refractivity contribution in [2.24, 2.45) is 5.92 Å². The number of hydrogen-bond acceptors (Lipinski definition) is 5. The lowest BCUT2D eigenvalue weighted by molar-refractivity contribution is 0.0480. The Labute approximate surface area is 126 Å². The lowest BCUT2D eigenvalue weighted by atomic mass is 9.97. The maximum absolute atomic E-state index is 12.0. The molecule has 0 aliphatic carbocycles. The van der Waals surface area contributed by atoms with E-state index in [-0.39, 0.29) is 29.5 Å². The van der Waals surface area contributed by atoms with Gasteiger partial charge in [-0.15, -0.1) is 11.3 Å². The maximum atomic E-state index is 12.0. The minimum Gasteiger partial charge on any atom is -0.477 e. The predicted octanol–water partition coefficient (Wildman–Crippen LogP) is 1.06. The Balaban J connectivity index is 1.89. The minimum absolute atomic E-state index is 0.0604. The highest BCUT2D eigenvalue weighted by Crippen LogP contribution is 2.19. The third-order valence-electron chi connectivity index (χ3n) is 3.57. The van der Waals surface area contributed by atoms with Gasteiger partial charge in [-0.2, -0.15) is 0 Å². The van der Waals surface area contributed by atoms with E-state index in [1.807, 2.05) is 6.92 Å². The second-order valence-corrected chi connectivity index (χ2v) is 6.35. The molecule has 0 spiro atoms. The normalized spacial score (nSPS) is 22.1. The standard InChI is InChI=1S/C13H19N3O4S/c1-7-6-16(4-3-9(7)17)13(20)14-5-10-15-8(2)11(21-10)12(18)19/h7,9,17H,3-6H2,1-2H3,(H,14,20)(H,18,19). The molecule has 1 aliphatic heterocycles. The zero-order chi connectivity index (χ0) is 15.6. The number of aromatic nitrogens is 1. The Morgan fingerprint density at radius 1 is 1.52 bits per heavy atom. The van der Waals surface area contributed by atoms with E-state index < -0.39 is 5.97 Å². The van der Waals surface area contributed by atoms with E-state index >= 15 is 0 Å². The van der Waals surface area contributed by atoms with Crippen LogP contribution in [0.5, 0.6) is 0 Å². The molecule has 1 saturated heterocycles. The third-order valence-corrected chi connectivity index (χ3v) is 4.72. The summed E-state index contributed by atoms with van der Waals surface area (Å²) < 4.78 is 0. The zero-order valence-corrected chi connectivity index (χ0v) is 12.8. The predicted molar refractivity (Wildman–Crippen MR) is 77.4 cm³/mol. The van der Waals surface area contributed by atoms with E-state index in [0.717, 1.165) is 11.3 Å². The van der Waals surface area contributed by atoms with Gasteiger partial charge in [0.1, 0.15) is 9.88 Å². The number of piperidine rings is 1. The summed E-state index contributed by atoms with van der Waals surface area (Å²) in [6.07, 6.45) is 0.225. The van der Waals surface area contributed by atoms with Crippen molar-refractivity contribution in [3.63, 3.8) is 0 Å². The van der Waals surface area contributed by atoms with E-state index in [0.29, 0.717) is 30.2 Å². The van der Waals surface area contributed by atoms with Crippen molar-refractivity contribution < 1.29 is 19.8 Å². The summed E-state index contributed by atoms with van der Waals surface area (Å²) >= 11 is 1.07. The second kappa shape index (κ2) is 6.40. The first kappa shape index (κ1) is 15.7. The molecular weight excluding hydrogens is 294 g/mol. The third kappa shape index (κ3) is 3.70. The highest BCUT2D eigenvalue weighted by molar-refractivity contribution is 7.13. The van der Waals surface area contributed by atoms with Crippen LogP contribution in [0, 0.1) is 12.8 Å². The van der Waals surface area contributed by atoms with Crippen molar-refractivity contribution in [2.75, 3.05) is 13.1 Å². The number of likely N-dealkylation sites (tertiary alicyclic amines) is 1. The molecule has 0 bridgehead atoms. The zero-order valence-electron chi connectivity index (χ0n) is 12.0. The Morgan fingerprint density at radius 2 is 2.24 bits per heavy atom. The van der Waals surface area contributed by atoms with Gasteiger partial charge in [0.2, 0.25) is 0 Å². The summed E-state index contributed by atoms with van der Waals surface area (Å²) in [6, 6.07) is -0.210. The number of aliphatic hydroxyl groups excluding tert-OH is 1. The number of urea groups is 1. The number of carbonyl (C=O) groups excluding carboxylic acids is 1.